The molecule has 1 aromatic heterocycles. The van der Waals surface area contributed by atoms with Crippen molar-refractivity contribution in [2.75, 3.05) is 0 Å². The van der Waals surface area contributed by atoms with E-state index in [1.165, 1.54) is 24.3 Å². The van der Waals surface area contributed by atoms with Crippen LogP contribution in [-0.4, -0.2) is 10.8 Å². The van der Waals surface area contributed by atoms with Crippen LogP contribution in [0.4, 0.5) is 5.69 Å². The van der Waals surface area contributed by atoms with Crippen molar-refractivity contribution < 1.29 is 14.1 Å². The largest absolute Gasteiger partial charge is 0.451 e. The molecule has 8 heteroatoms. The maximum atomic E-state index is 11.3. The Kier molecular flexibility index (Phi) is 3.63. The molecule has 0 aliphatic heterocycles. The summed E-state index contributed by atoms with van der Waals surface area (Å²) in [6.07, 6.45) is 0. The molecular weight excluding hydrogens is 318 g/mol. The summed E-state index contributed by atoms with van der Waals surface area (Å²) in [5.74, 6) is 4.57. The van der Waals surface area contributed by atoms with Crippen molar-refractivity contribution in [3.63, 3.8) is 0 Å². The number of nitro benzene ring substituents is 1. The van der Waals surface area contributed by atoms with Crippen LogP contribution in [0.1, 0.15) is 10.6 Å². The van der Waals surface area contributed by atoms with Crippen molar-refractivity contribution in [1.82, 2.24) is 5.43 Å². The quantitative estimate of drug-likeness (QED) is 0.389. The number of amides is 1. The Morgan fingerprint density at radius 1 is 1.37 bits per heavy atom. The molecule has 0 spiro atoms. The maximum absolute atomic E-state index is 11.3. The van der Waals surface area contributed by atoms with Crippen molar-refractivity contribution in [2.45, 2.75) is 0 Å². The predicted molar refractivity (Wildman–Crippen MR) is 70.2 cm³/mol. The molecule has 0 atom stereocenters. The minimum Gasteiger partial charge on any atom is -0.451 e. The third-order valence-electron chi connectivity index (χ3n) is 2.38. The third-order valence-corrected chi connectivity index (χ3v) is 2.88. The number of nitrogens with two attached hydrogens (primary N) is 1. The fourth-order valence-corrected chi connectivity index (χ4v) is 1.89. The molecule has 0 unspecified atom stereocenters. The number of nitrogens with zero attached hydrogens (tertiary/aromatic N) is 1. The molecule has 0 saturated heterocycles. The van der Waals surface area contributed by atoms with E-state index in [4.69, 9.17) is 10.3 Å². The fourth-order valence-electron chi connectivity index (χ4n) is 1.54. The Labute approximate surface area is 115 Å². The highest BCUT2D eigenvalue weighted by atomic mass is 79.9. The number of hydrogen-bond donors (Lipinski definition) is 2. The summed E-state index contributed by atoms with van der Waals surface area (Å²) in [4.78, 5) is 21.7. The van der Waals surface area contributed by atoms with E-state index in [1.54, 1.807) is 6.07 Å². The summed E-state index contributed by atoms with van der Waals surface area (Å²) >= 11 is 3.16. The first-order chi connectivity index (χ1) is 9.02. The van der Waals surface area contributed by atoms with Crippen molar-refractivity contribution in [1.29, 1.82) is 0 Å². The molecule has 0 bridgehead atoms. The second-order valence-corrected chi connectivity index (χ2v) is 4.47. The summed E-state index contributed by atoms with van der Waals surface area (Å²) in [5, 5.41) is 11.0. The van der Waals surface area contributed by atoms with E-state index >= 15 is 0 Å². The van der Waals surface area contributed by atoms with E-state index in [1.807, 2.05) is 5.43 Å². The zero-order valence-electron chi connectivity index (χ0n) is 9.42. The van der Waals surface area contributed by atoms with Crippen LogP contribution in [-0.2, 0) is 0 Å². The van der Waals surface area contributed by atoms with Gasteiger partial charge in [-0.15, -0.1) is 0 Å². The molecule has 2 aromatic rings. The van der Waals surface area contributed by atoms with Gasteiger partial charge in [0.15, 0.2) is 5.76 Å². The number of benzene rings is 1. The monoisotopic (exact) mass is 325 g/mol. The van der Waals surface area contributed by atoms with Crippen LogP contribution in [0.25, 0.3) is 11.3 Å². The Balaban J connectivity index is 2.50. The van der Waals surface area contributed by atoms with Gasteiger partial charge in [0.05, 0.1) is 10.5 Å². The topological polar surface area (TPSA) is 111 Å². The van der Waals surface area contributed by atoms with E-state index in [0.29, 0.717) is 4.47 Å². The predicted octanol–water partition coefficient (Wildman–Crippen LogP) is 2.22. The highest BCUT2D eigenvalue weighted by molar-refractivity contribution is 9.10. The molecule has 2 rings (SSSR count). The van der Waals surface area contributed by atoms with E-state index < -0.39 is 10.8 Å². The smallest absolute Gasteiger partial charge is 0.300 e. The van der Waals surface area contributed by atoms with Crippen LogP contribution < -0.4 is 11.3 Å². The van der Waals surface area contributed by atoms with Gasteiger partial charge in [-0.3, -0.25) is 20.3 Å². The number of halogens is 1. The first-order valence-corrected chi connectivity index (χ1v) is 5.87. The molecule has 7 nitrogen and oxygen atoms in total. The van der Waals surface area contributed by atoms with Crippen LogP contribution in [0.2, 0.25) is 0 Å². The average Bonchev–Trinajstić information content (AvgIpc) is 2.87. The van der Waals surface area contributed by atoms with E-state index in [9.17, 15) is 14.9 Å². The molecule has 0 saturated carbocycles. The zero-order chi connectivity index (χ0) is 14.0. The molecule has 0 aliphatic carbocycles. The van der Waals surface area contributed by atoms with Crippen molar-refractivity contribution in [3.05, 3.63) is 50.7 Å². The molecule has 0 aliphatic rings. The van der Waals surface area contributed by atoms with Gasteiger partial charge in [-0.2, -0.15) is 0 Å². The average molecular weight is 326 g/mol. The molecule has 0 fully saturated rings. The lowest BCUT2D eigenvalue weighted by molar-refractivity contribution is -0.384. The van der Waals surface area contributed by atoms with Crippen LogP contribution in [0, 0.1) is 10.1 Å². The lowest BCUT2D eigenvalue weighted by Gasteiger charge is -2.00. The second-order valence-electron chi connectivity index (χ2n) is 3.56. The van der Waals surface area contributed by atoms with Gasteiger partial charge in [-0.25, -0.2) is 5.84 Å². The number of hydrazine groups is 1. The standard InChI is InChI=1S/C11H8BrN3O4/c12-6-1-2-7(8(5-6)15(17)18)9-3-4-10(19-9)11(16)14-13/h1-5H,13H2,(H,14,16). The van der Waals surface area contributed by atoms with Gasteiger partial charge in [0.25, 0.3) is 5.69 Å². The van der Waals surface area contributed by atoms with Crippen LogP contribution >= 0.6 is 15.9 Å². The van der Waals surface area contributed by atoms with Gasteiger partial charge in [-0.1, -0.05) is 15.9 Å². The van der Waals surface area contributed by atoms with Crippen molar-refractivity contribution >= 4 is 27.5 Å². The maximum Gasteiger partial charge on any atom is 0.300 e. The number of carbonyl (C=O) groups excluding carboxylic acids is 1. The lowest BCUT2D eigenvalue weighted by atomic mass is 10.1. The van der Waals surface area contributed by atoms with Crippen molar-refractivity contribution in [2.24, 2.45) is 5.84 Å². The number of nitro groups is 1. The fraction of sp³-hybridized carbons (Fsp3) is 0. The van der Waals surface area contributed by atoms with Gasteiger partial charge in [0.1, 0.15) is 5.76 Å². The Morgan fingerprint density at radius 2 is 2.11 bits per heavy atom. The minimum absolute atomic E-state index is 0.0188. The normalized spacial score (nSPS) is 10.2. The zero-order valence-corrected chi connectivity index (χ0v) is 11.0. The molecule has 3 N–H and O–H groups in total. The molecule has 19 heavy (non-hydrogen) atoms. The summed E-state index contributed by atoms with van der Waals surface area (Å²) in [6.45, 7) is 0. The Hall–Kier alpha value is -2.19. The van der Waals surface area contributed by atoms with Crippen LogP contribution in [0.3, 0.4) is 0 Å². The molecule has 1 aromatic carbocycles. The molecule has 98 valence electrons. The molecular formula is C11H8BrN3O4. The number of rotatable bonds is 3. The first-order valence-electron chi connectivity index (χ1n) is 5.08. The lowest BCUT2D eigenvalue weighted by Crippen LogP contribution is -2.29. The van der Waals surface area contributed by atoms with Crippen molar-refractivity contribution in [3.8, 4) is 11.3 Å². The molecule has 1 amide bonds. The number of hydrogen-bond acceptors (Lipinski definition) is 5. The van der Waals surface area contributed by atoms with Crippen LogP contribution in [0.5, 0.6) is 0 Å². The number of carbonyl (C=O) groups is 1. The van der Waals surface area contributed by atoms with Crippen LogP contribution in [0.15, 0.2) is 39.2 Å². The third kappa shape index (κ3) is 2.64. The minimum atomic E-state index is -0.606. The Morgan fingerprint density at radius 3 is 2.74 bits per heavy atom. The highest BCUT2D eigenvalue weighted by Gasteiger charge is 2.19. The summed E-state index contributed by atoms with van der Waals surface area (Å²) < 4.78 is 5.82. The number of furan rings is 1. The molecule has 0 radical (unpaired) electrons. The highest BCUT2D eigenvalue weighted by Crippen LogP contribution is 2.33. The second kappa shape index (κ2) is 5.21. The van der Waals surface area contributed by atoms with Gasteiger partial charge in [0, 0.05) is 10.5 Å². The van der Waals surface area contributed by atoms with Gasteiger partial charge in [-0.05, 0) is 24.3 Å². The Bertz CT molecular complexity index is 653. The molecule has 1 heterocycles. The van der Waals surface area contributed by atoms with E-state index in [-0.39, 0.29) is 22.8 Å². The van der Waals surface area contributed by atoms with Gasteiger partial charge < -0.3 is 4.42 Å². The summed E-state index contributed by atoms with van der Waals surface area (Å²) in [6, 6.07) is 7.41. The summed E-state index contributed by atoms with van der Waals surface area (Å²) in [7, 11) is 0. The number of nitrogens with one attached hydrogen (secondary N) is 1. The van der Waals surface area contributed by atoms with E-state index in [0.717, 1.165) is 0 Å². The number of nitrogen functional groups attached to an aromatic ring is 1. The van der Waals surface area contributed by atoms with Gasteiger partial charge in [0.2, 0.25) is 0 Å². The van der Waals surface area contributed by atoms with Gasteiger partial charge >= 0.3 is 5.91 Å². The SMILES string of the molecule is NNC(=O)c1ccc(-c2ccc(Br)cc2[N+](=O)[O-])o1. The van der Waals surface area contributed by atoms with E-state index in [2.05, 4.69) is 15.9 Å². The summed E-state index contributed by atoms with van der Waals surface area (Å²) in [5.41, 5.74) is 2.08. The first kappa shape index (κ1) is 13.2.